The Morgan fingerprint density at radius 1 is 1.28 bits per heavy atom. The standard InChI is InChI=1S/C19H19FN4O4S/c1-11-14-8-12(20)2-3-15(14)28-17(11)18(26)23-22-16(25)9-13-10-29-19(21-13)24-4-6-27-7-5-24/h2-3,8,10H,4-7,9H2,1H3,(H,22,25)(H,23,26). The van der Waals surface area contributed by atoms with E-state index in [0.717, 1.165) is 18.2 Å². The summed E-state index contributed by atoms with van der Waals surface area (Å²) in [4.78, 5) is 31.1. The number of hydrogen-bond donors (Lipinski definition) is 2. The van der Waals surface area contributed by atoms with Crippen molar-refractivity contribution in [3.8, 4) is 0 Å². The number of amides is 2. The van der Waals surface area contributed by atoms with E-state index in [0.29, 0.717) is 35.4 Å². The molecule has 0 aliphatic carbocycles. The molecule has 29 heavy (non-hydrogen) atoms. The number of aryl methyl sites for hydroxylation is 1. The van der Waals surface area contributed by atoms with E-state index < -0.39 is 17.6 Å². The molecule has 2 N–H and O–H groups in total. The monoisotopic (exact) mass is 418 g/mol. The maximum absolute atomic E-state index is 13.4. The minimum atomic E-state index is -0.611. The minimum absolute atomic E-state index is 0.0224. The maximum Gasteiger partial charge on any atom is 0.305 e. The van der Waals surface area contributed by atoms with Crippen LogP contribution >= 0.6 is 11.3 Å². The van der Waals surface area contributed by atoms with Crippen LogP contribution < -0.4 is 15.8 Å². The summed E-state index contributed by atoms with van der Waals surface area (Å²) in [5.41, 5.74) is 6.21. The molecule has 1 fully saturated rings. The highest BCUT2D eigenvalue weighted by Gasteiger charge is 2.19. The predicted molar refractivity (Wildman–Crippen MR) is 105 cm³/mol. The number of morpholine rings is 1. The molecule has 1 saturated heterocycles. The Hall–Kier alpha value is -2.98. The van der Waals surface area contributed by atoms with Crippen LogP contribution in [0.1, 0.15) is 21.8 Å². The number of halogens is 1. The average Bonchev–Trinajstić information content (AvgIpc) is 3.32. The van der Waals surface area contributed by atoms with E-state index in [1.807, 2.05) is 5.38 Å². The molecule has 1 aliphatic heterocycles. The van der Waals surface area contributed by atoms with Crippen LogP contribution in [0, 0.1) is 12.7 Å². The number of hydrogen-bond acceptors (Lipinski definition) is 7. The van der Waals surface area contributed by atoms with Gasteiger partial charge in [0.1, 0.15) is 11.4 Å². The number of anilines is 1. The Labute approximate surface area is 169 Å². The summed E-state index contributed by atoms with van der Waals surface area (Å²) in [5, 5.41) is 3.19. The number of rotatable bonds is 4. The van der Waals surface area contributed by atoms with Gasteiger partial charge in [0, 0.05) is 29.4 Å². The number of nitrogens with zero attached hydrogens (tertiary/aromatic N) is 2. The number of carbonyl (C=O) groups excluding carboxylic acids is 2. The van der Waals surface area contributed by atoms with Crippen molar-refractivity contribution < 1.29 is 23.1 Å². The molecule has 4 rings (SSSR count). The first kappa shape index (κ1) is 19.3. The van der Waals surface area contributed by atoms with E-state index in [2.05, 4.69) is 20.7 Å². The third-order valence-corrected chi connectivity index (χ3v) is 5.53. The number of nitrogens with one attached hydrogen (secondary N) is 2. The zero-order chi connectivity index (χ0) is 20.4. The molecule has 0 atom stereocenters. The van der Waals surface area contributed by atoms with Gasteiger partial charge in [-0.3, -0.25) is 20.4 Å². The minimum Gasteiger partial charge on any atom is -0.451 e. The average molecular weight is 418 g/mol. The molecule has 1 aliphatic rings. The van der Waals surface area contributed by atoms with Crippen LogP contribution in [0.2, 0.25) is 0 Å². The van der Waals surface area contributed by atoms with E-state index in [9.17, 15) is 14.0 Å². The van der Waals surface area contributed by atoms with E-state index in [1.54, 1.807) is 6.92 Å². The molecule has 0 radical (unpaired) electrons. The Morgan fingerprint density at radius 2 is 2.07 bits per heavy atom. The fourth-order valence-corrected chi connectivity index (χ4v) is 3.96. The first-order chi connectivity index (χ1) is 14.0. The van der Waals surface area contributed by atoms with Crippen LogP contribution in [-0.2, 0) is 16.0 Å². The van der Waals surface area contributed by atoms with Gasteiger partial charge in [0.25, 0.3) is 0 Å². The van der Waals surface area contributed by atoms with Gasteiger partial charge in [-0.1, -0.05) is 0 Å². The molecule has 3 heterocycles. The zero-order valence-electron chi connectivity index (χ0n) is 15.7. The smallest absolute Gasteiger partial charge is 0.305 e. The molecule has 8 nitrogen and oxygen atoms in total. The fourth-order valence-electron chi connectivity index (χ4n) is 3.08. The summed E-state index contributed by atoms with van der Waals surface area (Å²) < 4.78 is 24.2. The van der Waals surface area contributed by atoms with Crippen molar-refractivity contribution in [3.05, 3.63) is 46.4 Å². The summed E-state index contributed by atoms with van der Waals surface area (Å²) >= 11 is 1.47. The third-order valence-electron chi connectivity index (χ3n) is 4.58. The lowest BCUT2D eigenvalue weighted by molar-refractivity contribution is -0.121. The Morgan fingerprint density at radius 3 is 2.86 bits per heavy atom. The molecule has 0 spiro atoms. The second-order valence-corrected chi connectivity index (χ2v) is 7.43. The number of hydrazine groups is 1. The second-order valence-electron chi connectivity index (χ2n) is 6.60. The van der Waals surface area contributed by atoms with E-state index in [4.69, 9.17) is 9.15 Å². The van der Waals surface area contributed by atoms with Crippen LogP contribution in [0.25, 0.3) is 11.0 Å². The van der Waals surface area contributed by atoms with Crippen LogP contribution in [0.3, 0.4) is 0 Å². The zero-order valence-corrected chi connectivity index (χ0v) is 16.5. The van der Waals surface area contributed by atoms with Crippen molar-refractivity contribution in [2.45, 2.75) is 13.3 Å². The van der Waals surface area contributed by atoms with Crippen LogP contribution in [0.4, 0.5) is 9.52 Å². The van der Waals surface area contributed by atoms with Crippen molar-refractivity contribution >= 4 is 39.3 Å². The number of thiazole rings is 1. The van der Waals surface area contributed by atoms with Crippen molar-refractivity contribution in [2.75, 3.05) is 31.2 Å². The number of fused-ring (bicyclic) bond motifs is 1. The van der Waals surface area contributed by atoms with Gasteiger partial charge >= 0.3 is 5.91 Å². The first-order valence-corrected chi connectivity index (χ1v) is 9.94. The highest BCUT2D eigenvalue weighted by Crippen LogP contribution is 2.26. The quantitative estimate of drug-likeness (QED) is 0.631. The van der Waals surface area contributed by atoms with E-state index >= 15 is 0 Å². The third kappa shape index (κ3) is 4.22. The SMILES string of the molecule is Cc1c(C(=O)NNC(=O)Cc2csc(N3CCOCC3)n2)oc2ccc(F)cc12. The van der Waals surface area contributed by atoms with Crippen LogP contribution in [0.5, 0.6) is 0 Å². The van der Waals surface area contributed by atoms with E-state index in [-0.39, 0.29) is 12.2 Å². The number of furan rings is 1. The molecule has 0 bridgehead atoms. The van der Waals surface area contributed by atoms with Crippen molar-refractivity contribution in [3.63, 3.8) is 0 Å². The summed E-state index contributed by atoms with van der Waals surface area (Å²) in [5.74, 6) is -1.41. The molecule has 2 aromatic heterocycles. The van der Waals surface area contributed by atoms with Gasteiger partial charge in [-0.2, -0.15) is 0 Å². The second kappa shape index (κ2) is 8.18. The van der Waals surface area contributed by atoms with E-state index in [1.165, 1.54) is 29.5 Å². The summed E-state index contributed by atoms with van der Waals surface area (Å²) in [6, 6.07) is 4.02. The lowest BCUT2D eigenvalue weighted by Crippen LogP contribution is -2.42. The highest BCUT2D eigenvalue weighted by atomic mass is 32.1. The van der Waals surface area contributed by atoms with Crippen molar-refractivity contribution in [1.82, 2.24) is 15.8 Å². The molecule has 1 aromatic carbocycles. The van der Waals surface area contributed by atoms with Gasteiger partial charge < -0.3 is 14.1 Å². The highest BCUT2D eigenvalue weighted by molar-refractivity contribution is 7.13. The normalized spacial score (nSPS) is 14.2. The van der Waals surface area contributed by atoms with Crippen LogP contribution in [0.15, 0.2) is 28.0 Å². The molecule has 10 heteroatoms. The Kier molecular flexibility index (Phi) is 5.45. The molecular formula is C19H19FN4O4S. The molecule has 3 aromatic rings. The summed E-state index contributed by atoms with van der Waals surface area (Å²) in [6.45, 7) is 4.53. The number of aromatic nitrogens is 1. The largest absolute Gasteiger partial charge is 0.451 e. The van der Waals surface area contributed by atoms with Gasteiger partial charge in [0.05, 0.1) is 25.3 Å². The van der Waals surface area contributed by atoms with Gasteiger partial charge in [-0.15, -0.1) is 11.3 Å². The lowest BCUT2D eigenvalue weighted by Gasteiger charge is -2.26. The Balaban J connectivity index is 1.34. The van der Waals surface area contributed by atoms with Gasteiger partial charge in [-0.25, -0.2) is 9.37 Å². The summed E-state index contributed by atoms with van der Waals surface area (Å²) in [6.07, 6.45) is 0.0332. The molecular weight excluding hydrogens is 399 g/mol. The van der Waals surface area contributed by atoms with Gasteiger partial charge in [0.2, 0.25) is 5.91 Å². The number of ether oxygens (including phenoxy) is 1. The van der Waals surface area contributed by atoms with Crippen molar-refractivity contribution in [1.29, 1.82) is 0 Å². The maximum atomic E-state index is 13.4. The first-order valence-electron chi connectivity index (χ1n) is 9.06. The fraction of sp³-hybridized carbons (Fsp3) is 0.316. The lowest BCUT2D eigenvalue weighted by atomic mass is 10.1. The Bertz CT molecular complexity index is 1060. The number of benzene rings is 1. The van der Waals surface area contributed by atoms with Gasteiger partial charge in [0.15, 0.2) is 10.9 Å². The molecule has 152 valence electrons. The van der Waals surface area contributed by atoms with Crippen LogP contribution in [-0.4, -0.2) is 43.1 Å². The molecule has 0 saturated carbocycles. The predicted octanol–water partition coefficient (Wildman–Crippen LogP) is 2.18. The van der Waals surface area contributed by atoms with Crippen molar-refractivity contribution in [2.24, 2.45) is 0 Å². The molecule has 2 amide bonds. The van der Waals surface area contributed by atoms with Gasteiger partial charge in [-0.05, 0) is 25.1 Å². The molecule has 0 unspecified atom stereocenters. The summed E-state index contributed by atoms with van der Waals surface area (Å²) in [7, 11) is 0. The number of carbonyl (C=O) groups is 2. The topological polar surface area (TPSA) is 96.7 Å².